The molecule has 0 radical (unpaired) electrons. The van der Waals surface area contributed by atoms with Crippen molar-refractivity contribution < 1.29 is 14.9 Å². The van der Waals surface area contributed by atoms with Crippen LogP contribution in [-0.2, 0) is 11.3 Å². The first-order valence-electron chi connectivity index (χ1n) is 6.54. The molecule has 0 bridgehead atoms. The summed E-state index contributed by atoms with van der Waals surface area (Å²) in [6.45, 7) is 2.30. The van der Waals surface area contributed by atoms with Gasteiger partial charge < -0.3 is 20.3 Å². The van der Waals surface area contributed by atoms with E-state index in [4.69, 9.17) is 21.4 Å². The van der Waals surface area contributed by atoms with Gasteiger partial charge in [0.15, 0.2) is 0 Å². The van der Waals surface area contributed by atoms with Crippen molar-refractivity contribution in [3.05, 3.63) is 34.9 Å². The Bertz CT molecular complexity index is 332. The molecule has 0 heterocycles. The molecule has 5 heteroatoms. The van der Waals surface area contributed by atoms with Gasteiger partial charge in [-0.05, 0) is 37.1 Å². The van der Waals surface area contributed by atoms with Gasteiger partial charge in [0.05, 0.1) is 19.3 Å². The average Bonchev–Trinajstić information content (AvgIpc) is 2.41. The summed E-state index contributed by atoms with van der Waals surface area (Å²) in [5.74, 6) is 0. The van der Waals surface area contributed by atoms with Crippen molar-refractivity contribution in [2.24, 2.45) is 0 Å². The standard InChI is InChI=1S/C14H22ClNO3/c15-13-5-3-12(4-6-13)10-19-11-14(18)9-16-7-1-2-8-17/h3-6,14,16-18H,1-2,7-11H2. The molecule has 0 aliphatic carbocycles. The maximum absolute atomic E-state index is 9.67. The van der Waals surface area contributed by atoms with Crippen LogP contribution in [0.1, 0.15) is 18.4 Å². The number of hydrogen-bond donors (Lipinski definition) is 3. The Morgan fingerprint density at radius 1 is 1.21 bits per heavy atom. The van der Waals surface area contributed by atoms with Crippen molar-refractivity contribution in [1.29, 1.82) is 0 Å². The zero-order valence-electron chi connectivity index (χ0n) is 11.0. The second kappa shape index (κ2) is 10.2. The van der Waals surface area contributed by atoms with Gasteiger partial charge in [0, 0.05) is 18.2 Å². The monoisotopic (exact) mass is 287 g/mol. The maximum atomic E-state index is 9.67. The number of aliphatic hydroxyl groups is 2. The largest absolute Gasteiger partial charge is 0.396 e. The first-order valence-corrected chi connectivity index (χ1v) is 6.92. The first-order chi connectivity index (χ1) is 9.22. The number of unbranched alkanes of at least 4 members (excludes halogenated alkanes) is 1. The van der Waals surface area contributed by atoms with Crippen molar-refractivity contribution in [3.8, 4) is 0 Å². The topological polar surface area (TPSA) is 61.7 Å². The minimum absolute atomic E-state index is 0.217. The number of halogens is 1. The minimum Gasteiger partial charge on any atom is -0.396 e. The summed E-state index contributed by atoms with van der Waals surface area (Å²) in [4.78, 5) is 0. The molecule has 0 aromatic heterocycles. The third-order valence-electron chi connectivity index (χ3n) is 2.63. The second-order valence-electron chi connectivity index (χ2n) is 4.43. The molecule has 3 N–H and O–H groups in total. The molecule has 0 spiro atoms. The number of hydrogen-bond acceptors (Lipinski definition) is 4. The van der Waals surface area contributed by atoms with E-state index in [2.05, 4.69) is 5.32 Å². The number of nitrogens with one attached hydrogen (secondary N) is 1. The number of aliphatic hydroxyl groups excluding tert-OH is 2. The van der Waals surface area contributed by atoms with E-state index >= 15 is 0 Å². The average molecular weight is 288 g/mol. The quantitative estimate of drug-likeness (QED) is 0.572. The molecule has 0 amide bonds. The third kappa shape index (κ3) is 8.18. The fraction of sp³-hybridized carbons (Fsp3) is 0.571. The van der Waals surface area contributed by atoms with Crippen LogP contribution in [0.25, 0.3) is 0 Å². The molecule has 1 aromatic rings. The summed E-state index contributed by atoms with van der Waals surface area (Å²) in [5.41, 5.74) is 1.03. The van der Waals surface area contributed by atoms with Crippen LogP contribution in [0.2, 0.25) is 5.02 Å². The highest BCUT2D eigenvalue weighted by atomic mass is 35.5. The van der Waals surface area contributed by atoms with E-state index in [-0.39, 0.29) is 6.61 Å². The summed E-state index contributed by atoms with van der Waals surface area (Å²) < 4.78 is 5.43. The molecule has 1 rings (SSSR count). The Morgan fingerprint density at radius 2 is 1.95 bits per heavy atom. The summed E-state index contributed by atoms with van der Waals surface area (Å²) in [5, 5.41) is 22.1. The molecular weight excluding hydrogens is 266 g/mol. The van der Waals surface area contributed by atoms with Crippen molar-refractivity contribution >= 4 is 11.6 Å². The lowest BCUT2D eigenvalue weighted by atomic mass is 10.2. The van der Waals surface area contributed by atoms with Gasteiger partial charge in [-0.3, -0.25) is 0 Å². The summed E-state index contributed by atoms with van der Waals surface area (Å²) in [7, 11) is 0. The van der Waals surface area contributed by atoms with Crippen molar-refractivity contribution in [3.63, 3.8) is 0 Å². The minimum atomic E-state index is -0.513. The molecule has 0 saturated carbocycles. The lowest BCUT2D eigenvalue weighted by Gasteiger charge is -2.12. The molecular formula is C14H22ClNO3. The van der Waals surface area contributed by atoms with Gasteiger partial charge in [-0.25, -0.2) is 0 Å². The Labute approximate surface area is 119 Å². The predicted octanol–water partition coefficient (Wildman–Crippen LogP) is 1.58. The van der Waals surface area contributed by atoms with Crippen molar-refractivity contribution in [2.75, 3.05) is 26.3 Å². The van der Waals surface area contributed by atoms with E-state index in [1.54, 1.807) is 0 Å². The molecule has 1 aromatic carbocycles. The van der Waals surface area contributed by atoms with Crippen LogP contribution < -0.4 is 5.32 Å². The van der Waals surface area contributed by atoms with Gasteiger partial charge >= 0.3 is 0 Å². The second-order valence-corrected chi connectivity index (χ2v) is 4.87. The normalized spacial score (nSPS) is 12.6. The SMILES string of the molecule is OCCCCNCC(O)COCc1ccc(Cl)cc1. The number of ether oxygens (including phenoxy) is 1. The summed E-state index contributed by atoms with van der Waals surface area (Å²) in [6.07, 6.45) is 1.19. The summed E-state index contributed by atoms with van der Waals surface area (Å²) in [6, 6.07) is 7.45. The van der Waals surface area contributed by atoms with Crippen LogP contribution in [0.4, 0.5) is 0 Å². The first kappa shape index (κ1) is 16.4. The Balaban J connectivity index is 2.03. The van der Waals surface area contributed by atoms with Crippen LogP contribution >= 0.6 is 11.6 Å². The molecule has 0 aliphatic heterocycles. The van der Waals surface area contributed by atoms with E-state index in [9.17, 15) is 5.11 Å². The molecule has 19 heavy (non-hydrogen) atoms. The van der Waals surface area contributed by atoms with E-state index in [1.165, 1.54) is 0 Å². The Morgan fingerprint density at radius 3 is 2.63 bits per heavy atom. The smallest absolute Gasteiger partial charge is 0.0897 e. The molecule has 1 unspecified atom stereocenters. The lowest BCUT2D eigenvalue weighted by Crippen LogP contribution is -2.31. The number of benzene rings is 1. The molecule has 4 nitrogen and oxygen atoms in total. The predicted molar refractivity (Wildman–Crippen MR) is 76.3 cm³/mol. The Kier molecular flexibility index (Phi) is 8.79. The van der Waals surface area contributed by atoms with Crippen LogP contribution in [-0.4, -0.2) is 42.6 Å². The van der Waals surface area contributed by atoms with E-state index in [0.717, 1.165) is 24.9 Å². The van der Waals surface area contributed by atoms with Crippen molar-refractivity contribution in [2.45, 2.75) is 25.6 Å². The van der Waals surface area contributed by atoms with E-state index in [0.29, 0.717) is 24.8 Å². The number of rotatable bonds is 10. The lowest BCUT2D eigenvalue weighted by molar-refractivity contribution is 0.0289. The van der Waals surface area contributed by atoms with Gasteiger partial charge in [0.2, 0.25) is 0 Å². The molecule has 0 saturated heterocycles. The van der Waals surface area contributed by atoms with Gasteiger partial charge in [-0.1, -0.05) is 23.7 Å². The van der Waals surface area contributed by atoms with Crippen LogP contribution in [0, 0.1) is 0 Å². The highest BCUT2D eigenvalue weighted by Gasteiger charge is 2.03. The highest BCUT2D eigenvalue weighted by Crippen LogP contribution is 2.10. The zero-order valence-corrected chi connectivity index (χ0v) is 11.8. The molecule has 0 fully saturated rings. The maximum Gasteiger partial charge on any atom is 0.0897 e. The van der Waals surface area contributed by atoms with Crippen LogP contribution in [0.3, 0.4) is 0 Å². The Hall–Kier alpha value is -0.650. The van der Waals surface area contributed by atoms with Crippen LogP contribution in [0.15, 0.2) is 24.3 Å². The van der Waals surface area contributed by atoms with Gasteiger partial charge in [-0.15, -0.1) is 0 Å². The summed E-state index contributed by atoms with van der Waals surface area (Å²) >= 11 is 5.78. The van der Waals surface area contributed by atoms with Gasteiger partial charge in [0.25, 0.3) is 0 Å². The van der Waals surface area contributed by atoms with E-state index < -0.39 is 6.10 Å². The third-order valence-corrected chi connectivity index (χ3v) is 2.89. The molecule has 1 atom stereocenters. The van der Waals surface area contributed by atoms with Crippen molar-refractivity contribution in [1.82, 2.24) is 5.32 Å². The molecule has 0 aliphatic rings. The van der Waals surface area contributed by atoms with Gasteiger partial charge in [0.1, 0.15) is 0 Å². The highest BCUT2D eigenvalue weighted by molar-refractivity contribution is 6.30. The van der Waals surface area contributed by atoms with E-state index in [1.807, 2.05) is 24.3 Å². The fourth-order valence-corrected chi connectivity index (χ4v) is 1.71. The van der Waals surface area contributed by atoms with Crippen LogP contribution in [0.5, 0.6) is 0 Å². The van der Waals surface area contributed by atoms with Gasteiger partial charge in [-0.2, -0.15) is 0 Å². The molecule has 108 valence electrons. The fourth-order valence-electron chi connectivity index (χ4n) is 1.58. The zero-order chi connectivity index (χ0) is 13.9.